The van der Waals surface area contributed by atoms with Gasteiger partial charge in [-0.2, -0.15) is 13.2 Å². The molecule has 2 fully saturated rings. The lowest BCUT2D eigenvalue weighted by Gasteiger charge is -2.31. The Morgan fingerprint density at radius 3 is 2.60 bits per heavy atom. The second kappa shape index (κ2) is 11.2. The number of nitrogens with zero attached hydrogens (tertiary/aromatic N) is 2. The Morgan fingerprint density at radius 1 is 1.14 bits per heavy atom. The summed E-state index contributed by atoms with van der Waals surface area (Å²) >= 11 is 0. The molecule has 1 heterocycles. The van der Waals surface area contributed by atoms with Crippen LogP contribution in [0.1, 0.15) is 115 Å². The molecule has 0 N–H and O–H groups in total. The van der Waals surface area contributed by atoms with Crippen LogP contribution in [0.4, 0.5) is 13.2 Å². The van der Waals surface area contributed by atoms with E-state index in [-0.39, 0.29) is 17.7 Å². The Bertz CT molecular complexity index is 1680. The minimum atomic E-state index is -5.29. The topological polar surface area (TPSA) is 24.8 Å². The molecule has 1 aliphatic heterocycles. The predicted molar refractivity (Wildman–Crippen MR) is 135 cm³/mol. The van der Waals surface area contributed by atoms with E-state index in [1.54, 1.807) is 6.92 Å². The van der Waals surface area contributed by atoms with Gasteiger partial charge in [0, 0.05) is 29.8 Å². The number of likely N-dealkylation sites (tertiary alicyclic amines) is 1. The molecule has 1 saturated carbocycles. The molecule has 2 aliphatic rings. The number of benzene rings is 2. The normalized spacial score (nSPS) is 40.4. The van der Waals surface area contributed by atoms with Crippen LogP contribution in [0, 0.1) is 5.89 Å². The van der Waals surface area contributed by atoms with Gasteiger partial charge in [0.25, 0.3) is 0 Å². The van der Waals surface area contributed by atoms with Crippen molar-refractivity contribution in [2.75, 3.05) is 13.0 Å². The van der Waals surface area contributed by atoms with Crippen LogP contribution in [0.2, 0.25) is 0 Å². The lowest BCUT2D eigenvalue weighted by Crippen LogP contribution is -2.36. The van der Waals surface area contributed by atoms with Crippen LogP contribution >= 0.6 is 0 Å². The molecule has 6 heteroatoms. The monoisotopic (exact) mass is 503 g/mol. The van der Waals surface area contributed by atoms with Gasteiger partial charge in [-0.15, -0.1) is 0 Å². The number of hydrogen-bond donors (Lipinski definition) is 0. The minimum Gasteiger partial charge on any atom is -0.391 e. The van der Waals surface area contributed by atoms with Gasteiger partial charge in [0.15, 0.2) is 0 Å². The maximum Gasteiger partial charge on any atom is 0.416 e. The van der Waals surface area contributed by atoms with Crippen LogP contribution in [-0.4, -0.2) is 23.6 Å². The lowest BCUT2D eigenvalue weighted by molar-refractivity contribution is -0.138. The SMILES string of the molecule is [2H]C1C([2H])([2H])N(Cc2ccc(/C(=N/OCc3ccc(C4C([2H])([2H])C([2H])([2H])C([2H])(C)C([2H])([2H])C4([2H])[2H])c(C(F)(F)F)c3)C([2H])([2H])[2H])cc2CC)C1([2H])[2H]. The molecule has 0 amide bonds. The zero-order chi connectivity index (χ0) is 40.1. The van der Waals surface area contributed by atoms with Gasteiger partial charge in [0.05, 0.1) is 11.3 Å². The highest BCUT2D eigenvalue weighted by Crippen LogP contribution is 2.42. The van der Waals surface area contributed by atoms with Crippen molar-refractivity contribution in [1.82, 2.24) is 4.90 Å². The smallest absolute Gasteiger partial charge is 0.391 e. The summed E-state index contributed by atoms with van der Waals surface area (Å²) in [7, 11) is 0. The summed E-state index contributed by atoms with van der Waals surface area (Å²) in [6.45, 7) is -6.05. The average molecular weight is 504 g/mol. The van der Waals surface area contributed by atoms with Crippen molar-refractivity contribution in [3.05, 3.63) is 69.8 Å². The molecule has 3 nitrogen and oxygen atoms in total. The van der Waals surface area contributed by atoms with Crippen molar-refractivity contribution < 1.29 is 41.3 Å². The summed E-state index contributed by atoms with van der Waals surface area (Å²) in [5.41, 5.74) is -2.62. The third-order valence-corrected chi connectivity index (χ3v) is 5.56. The van der Waals surface area contributed by atoms with Gasteiger partial charge in [-0.1, -0.05) is 56.0 Å². The number of rotatable bonds is 8. The highest BCUT2D eigenvalue weighted by molar-refractivity contribution is 5.98. The number of oxime groups is 1. The zero-order valence-corrected chi connectivity index (χ0v) is 19.2. The third kappa shape index (κ3) is 6.46. The summed E-state index contributed by atoms with van der Waals surface area (Å²) in [6, 6.07) is 6.31. The quantitative estimate of drug-likeness (QED) is 0.272. The average Bonchev–Trinajstić information content (AvgIpc) is 2.99. The van der Waals surface area contributed by atoms with Gasteiger partial charge < -0.3 is 4.84 Å². The lowest BCUT2D eigenvalue weighted by atomic mass is 9.78. The van der Waals surface area contributed by atoms with Crippen molar-refractivity contribution in [3.8, 4) is 0 Å². The summed E-state index contributed by atoms with van der Waals surface area (Å²) in [6.07, 6.45) is -20.6. The molecular weight excluding hydrogens is 449 g/mol. The third-order valence-electron chi connectivity index (χ3n) is 5.56. The fourth-order valence-corrected chi connectivity index (χ4v) is 3.67. The molecule has 2 aromatic rings. The molecule has 0 aromatic heterocycles. The fraction of sp³-hybridized carbons (Fsp3) is 0.552. The first-order chi connectivity index (χ1) is 23.2. The van der Waals surface area contributed by atoms with E-state index >= 15 is 0 Å². The maximum atomic E-state index is 14.5. The van der Waals surface area contributed by atoms with Crippen molar-refractivity contribution in [2.24, 2.45) is 11.0 Å². The van der Waals surface area contributed by atoms with E-state index in [0.717, 1.165) is 11.0 Å². The number of halogens is 3. The van der Waals surface area contributed by atoms with E-state index in [4.69, 9.17) is 28.1 Å². The van der Waals surface area contributed by atoms with E-state index in [1.165, 1.54) is 18.2 Å². The Kier molecular flexibility index (Phi) is 3.76. The van der Waals surface area contributed by atoms with E-state index in [0.29, 0.717) is 36.6 Å². The standard InChI is InChI=1S/C29H37F3N2O/c1-4-23-17-25(11-12-26(23)18-34-14-5-15-34)21(3)33-35-19-22-8-13-27(28(16-22)29(30,31)32)24-9-6-20(2)7-10-24/h8,11-13,16-17,20,24H,4-7,9-10,14-15,18-19H2,1-3H3/b33-21+/i3D3,5D,6D2,7D2,9D2,10D2,14D2,15D2,20D. The number of alkyl halides is 3. The van der Waals surface area contributed by atoms with Crippen molar-refractivity contribution >= 4 is 5.71 Å². The second-order valence-electron chi connectivity index (χ2n) is 8.06. The molecule has 0 bridgehead atoms. The van der Waals surface area contributed by atoms with Crippen molar-refractivity contribution in [2.45, 2.75) is 84.3 Å². The molecule has 4 rings (SSSR count). The van der Waals surface area contributed by atoms with Gasteiger partial charge in [0.2, 0.25) is 0 Å². The van der Waals surface area contributed by atoms with E-state index in [1.807, 2.05) is 0 Å². The van der Waals surface area contributed by atoms with Crippen molar-refractivity contribution in [1.29, 1.82) is 0 Å². The van der Waals surface area contributed by atoms with Crippen LogP contribution in [0.15, 0.2) is 41.6 Å². The van der Waals surface area contributed by atoms with Gasteiger partial charge in [-0.05, 0) is 97.2 Å². The largest absolute Gasteiger partial charge is 0.416 e. The summed E-state index contributed by atoms with van der Waals surface area (Å²) < 4.78 is 183. The van der Waals surface area contributed by atoms with E-state index in [2.05, 4.69) is 5.16 Å². The predicted octanol–water partition coefficient (Wildman–Crippen LogP) is 7.71. The molecule has 1 aliphatic carbocycles. The summed E-state index contributed by atoms with van der Waals surface area (Å²) in [5.74, 6) is -5.73. The first-order valence-electron chi connectivity index (χ1n) is 19.5. The van der Waals surface area contributed by atoms with Gasteiger partial charge >= 0.3 is 6.18 Å². The van der Waals surface area contributed by atoms with Gasteiger partial charge in [-0.3, -0.25) is 4.90 Å². The summed E-state index contributed by atoms with van der Waals surface area (Å²) in [5, 5.41) is 3.69. The van der Waals surface area contributed by atoms with Crippen molar-refractivity contribution in [3.63, 3.8) is 0 Å². The van der Waals surface area contributed by atoms with E-state index < -0.39 is 93.2 Å². The molecule has 35 heavy (non-hydrogen) atoms. The minimum absolute atomic E-state index is 0.0200. The number of hydrogen-bond acceptors (Lipinski definition) is 3. The Hall–Kier alpha value is -2.34. The maximum absolute atomic E-state index is 14.5. The van der Waals surface area contributed by atoms with E-state index in [9.17, 15) is 13.2 Å². The molecule has 2 aromatic carbocycles. The molecular formula is C29H37F3N2O. The zero-order valence-electron chi connectivity index (χ0n) is 36.2. The van der Waals surface area contributed by atoms with Gasteiger partial charge in [-0.25, -0.2) is 0 Å². The second-order valence-corrected chi connectivity index (χ2v) is 8.06. The van der Waals surface area contributed by atoms with Crippen LogP contribution < -0.4 is 0 Å². The first-order valence-corrected chi connectivity index (χ1v) is 11.0. The summed E-state index contributed by atoms with van der Waals surface area (Å²) in [4.78, 5) is 6.07. The Morgan fingerprint density at radius 2 is 1.91 bits per heavy atom. The van der Waals surface area contributed by atoms with Gasteiger partial charge in [0.1, 0.15) is 6.61 Å². The first kappa shape index (κ1) is 11.8. The molecule has 0 radical (unpaired) electrons. The number of aryl methyl sites for hydroxylation is 1. The molecule has 1 saturated heterocycles. The van der Waals surface area contributed by atoms with Crippen LogP contribution in [0.3, 0.4) is 0 Å². The fourth-order valence-electron chi connectivity index (χ4n) is 3.67. The Balaban J connectivity index is 1.69. The van der Waals surface area contributed by atoms with Crippen LogP contribution in [0.5, 0.6) is 0 Å². The highest BCUT2D eigenvalue weighted by atomic mass is 19.4. The Labute approximate surface area is 231 Å². The highest BCUT2D eigenvalue weighted by Gasteiger charge is 2.36. The molecule has 0 atom stereocenters. The molecule has 0 unspecified atom stereocenters. The van der Waals surface area contributed by atoms with Crippen LogP contribution in [0.25, 0.3) is 0 Å². The molecule has 0 spiro atoms. The molecule has 190 valence electrons. The van der Waals surface area contributed by atoms with Crippen LogP contribution in [-0.2, 0) is 30.6 Å².